The van der Waals surface area contributed by atoms with Crippen molar-refractivity contribution >= 4 is 16.8 Å². The zero-order valence-corrected chi connectivity index (χ0v) is 12.6. The highest BCUT2D eigenvalue weighted by atomic mass is 19.4. The number of hydrogen-bond acceptors (Lipinski definition) is 3. The molecule has 0 bridgehead atoms. The molecular formula is C17H11F3N2O3. The first-order chi connectivity index (χ1) is 11.8. The molecule has 0 amide bonds. The lowest BCUT2D eigenvalue weighted by molar-refractivity contribution is -0.274. The zero-order chi connectivity index (χ0) is 18.2. The fraction of sp³-hybridized carbons (Fsp3) is 0.0588. The minimum absolute atomic E-state index is 0.185. The van der Waals surface area contributed by atoms with Crippen molar-refractivity contribution < 1.29 is 17.9 Å². The van der Waals surface area contributed by atoms with E-state index in [2.05, 4.69) is 16.4 Å². The van der Waals surface area contributed by atoms with Crippen LogP contribution in [0.1, 0.15) is 5.56 Å². The Kier molecular flexibility index (Phi) is 3.96. The van der Waals surface area contributed by atoms with Gasteiger partial charge in [0, 0.05) is 0 Å². The van der Waals surface area contributed by atoms with Gasteiger partial charge in [0.25, 0.3) is 11.1 Å². The second-order valence-electron chi connectivity index (χ2n) is 5.13. The van der Waals surface area contributed by atoms with Crippen LogP contribution in [-0.4, -0.2) is 16.1 Å². The summed E-state index contributed by atoms with van der Waals surface area (Å²) in [6.45, 7) is 3.60. The highest BCUT2D eigenvalue weighted by Gasteiger charge is 2.31. The van der Waals surface area contributed by atoms with E-state index in [0.717, 1.165) is 16.8 Å². The van der Waals surface area contributed by atoms with Crippen LogP contribution in [0.4, 0.5) is 13.2 Å². The van der Waals surface area contributed by atoms with Crippen LogP contribution in [0.3, 0.4) is 0 Å². The normalized spacial score (nSPS) is 11.5. The van der Waals surface area contributed by atoms with Gasteiger partial charge in [-0.1, -0.05) is 18.7 Å². The number of benzene rings is 2. The van der Waals surface area contributed by atoms with E-state index in [-0.39, 0.29) is 16.5 Å². The van der Waals surface area contributed by atoms with Crippen molar-refractivity contribution in [3.05, 3.63) is 75.3 Å². The van der Waals surface area contributed by atoms with E-state index < -0.39 is 23.2 Å². The standard InChI is InChI=1S/C17H11F3N2O3/c1-2-10-3-8-13-14(9-10)15(23)21-22(16(13)24)11-4-6-12(7-5-11)25-17(18,19)20/h2-9H,1H2,(H,21,23). The maximum absolute atomic E-state index is 12.6. The molecular weight excluding hydrogens is 337 g/mol. The number of aromatic nitrogens is 2. The van der Waals surface area contributed by atoms with Gasteiger partial charge in [-0.3, -0.25) is 14.7 Å². The molecule has 25 heavy (non-hydrogen) atoms. The van der Waals surface area contributed by atoms with Crippen molar-refractivity contribution in [3.63, 3.8) is 0 Å². The zero-order valence-electron chi connectivity index (χ0n) is 12.6. The van der Waals surface area contributed by atoms with Crippen LogP contribution in [0.2, 0.25) is 0 Å². The van der Waals surface area contributed by atoms with Gasteiger partial charge in [-0.05, 0) is 42.0 Å². The molecule has 0 radical (unpaired) electrons. The molecule has 0 unspecified atom stereocenters. The first kappa shape index (κ1) is 16.6. The SMILES string of the molecule is C=Cc1ccc2c(=O)n(-c3ccc(OC(F)(F)F)cc3)[nH]c(=O)c2c1. The Morgan fingerprint density at radius 3 is 2.32 bits per heavy atom. The molecule has 0 aliphatic carbocycles. The average molecular weight is 348 g/mol. The van der Waals surface area contributed by atoms with Crippen molar-refractivity contribution in [2.75, 3.05) is 0 Å². The Hall–Kier alpha value is -3.29. The molecule has 0 fully saturated rings. The summed E-state index contributed by atoms with van der Waals surface area (Å²) in [4.78, 5) is 24.8. The molecule has 2 aromatic carbocycles. The summed E-state index contributed by atoms with van der Waals surface area (Å²) < 4.78 is 41.3. The lowest BCUT2D eigenvalue weighted by Gasteiger charge is -2.10. The van der Waals surface area contributed by atoms with E-state index in [1.165, 1.54) is 24.3 Å². The predicted molar refractivity (Wildman–Crippen MR) is 86.9 cm³/mol. The van der Waals surface area contributed by atoms with Gasteiger partial charge in [0.15, 0.2) is 0 Å². The third-order valence-corrected chi connectivity index (χ3v) is 3.50. The maximum Gasteiger partial charge on any atom is 0.573 e. The molecule has 128 valence electrons. The molecule has 3 aromatic rings. The summed E-state index contributed by atoms with van der Waals surface area (Å²) in [5.74, 6) is -0.428. The smallest absolute Gasteiger partial charge is 0.406 e. The van der Waals surface area contributed by atoms with Crippen LogP contribution in [0.25, 0.3) is 22.5 Å². The van der Waals surface area contributed by atoms with Crippen molar-refractivity contribution in [2.45, 2.75) is 6.36 Å². The van der Waals surface area contributed by atoms with E-state index in [1.807, 2.05) is 0 Å². The van der Waals surface area contributed by atoms with Crippen LogP contribution in [0.15, 0.2) is 58.6 Å². The second-order valence-corrected chi connectivity index (χ2v) is 5.13. The summed E-state index contributed by atoms with van der Waals surface area (Å²) in [6, 6.07) is 9.26. The number of nitrogens with one attached hydrogen (secondary N) is 1. The van der Waals surface area contributed by atoms with Gasteiger partial charge in [0.2, 0.25) is 0 Å². The molecule has 0 aliphatic heterocycles. The highest BCUT2D eigenvalue weighted by Crippen LogP contribution is 2.23. The Balaban J connectivity index is 2.10. The molecule has 3 rings (SSSR count). The second kappa shape index (κ2) is 5.97. The Labute approximate surface area is 138 Å². The molecule has 1 heterocycles. The Bertz CT molecular complexity index is 1060. The van der Waals surface area contributed by atoms with Gasteiger partial charge in [-0.15, -0.1) is 13.2 Å². The van der Waals surface area contributed by atoms with E-state index in [9.17, 15) is 22.8 Å². The van der Waals surface area contributed by atoms with Gasteiger partial charge in [-0.25, -0.2) is 4.68 Å². The first-order valence-corrected chi connectivity index (χ1v) is 7.06. The van der Waals surface area contributed by atoms with Crippen molar-refractivity contribution in [1.29, 1.82) is 0 Å². The highest BCUT2D eigenvalue weighted by molar-refractivity contribution is 5.83. The maximum atomic E-state index is 12.6. The first-order valence-electron chi connectivity index (χ1n) is 7.06. The summed E-state index contributed by atoms with van der Waals surface area (Å²) in [5.41, 5.74) is -0.126. The number of rotatable bonds is 3. The quantitative estimate of drug-likeness (QED) is 0.790. The van der Waals surface area contributed by atoms with Crippen LogP contribution < -0.4 is 15.9 Å². The lowest BCUT2D eigenvalue weighted by Crippen LogP contribution is -2.28. The molecule has 1 aromatic heterocycles. The van der Waals surface area contributed by atoms with Gasteiger partial charge in [0.05, 0.1) is 16.5 Å². The summed E-state index contributed by atoms with van der Waals surface area (Å²) >= 11 is 0. The molecule has 0 spiro atoms. The Morgan fingerprint density at radius 1 is 1.04 bits per heavy atom. The van der Waals surface area contributed by atoms with Crippen LogP contribution in [0, 0.1) is 0 Å². The number of halogens is 3. The van der Waals surface area contributed by atoms with Crippen molar-refractivity contribution in [1.82, 2.24) is 9.78 Å². The van der Waals surface area contributed by atoms with Crippen LogP contribution in [-0.2, 0) is 0 Å². The fourth-order valence-corrected chi connectivity index (χ4v) is 2.37. The van der Waals surface area contributed by atoms with Crippen molar-refractivity contribution in [2.24, 2.45) is 0 Å². The van der Waals surface area contributed by atoms with Crippen LogP contribution in [0.5, 0.6) is 5.75 Å². The largest absolute Gasteiger partial charge is 0.573 e. The molecule has 8 heteroatoms. The number of ether oxygens (including phenoxy) is 1. The van der Waals surface area contributed by atoms with Gasteiger partial charge < -0.3 is 4.74 Å². The number of fused-ring (bicyclic) bond motifs is 1. The number of alkyl halides is 3. The van der Waals surface area contributed by atoms with E-state index in [1.54, 1.807) is 12.1 Å². The topological polar surface area (TPSA) is 64.1 Å². The molecule has 0 saturated carbocycles. The monoisotopic (exact) mass is 348 g/mol. The van der Waals surface area contributed by atoms with Gasteiger partial charge in [0.1, 0.15) is 5.75 Å². The number of H-pyrrole nitrogens is 1. The minimum Gasteiger partial charge on any atom is -0.406 e. The Morgan fingerprint density at radius 2 is 1.72 bits per heavy atom. The van der Waals surface area contributed by atoms with E-state index in [0.29, 0.717) is 5.56 Å². The lowest BCUT2D eigenvalue weighted by atomic mass is 10.1. The summed E-state index contributed by atoms with van der Waals surface area (Å²) in [6.07, 6.45) is -3.26. The van der Waals surface area contributed by atoms with Crippen LogP contribution >= 0.6 is 0 Å². The van der Waals surface area contributed by atoms with Gasteiger partial charge >= 0.3 is 6.36 Å². The number of aromatic amines is 1. The number of hydrogen-bond donors (Lipinski definition) is 1. The number of nitrogens with zero attached hydrogens (tertiary/aromatic N) is 1. The molecule has 1 N–H and O–H groups in total. The predicted octanol–water partition coefficient (Wildman–Crippen LogP) is 3.22. The summed E-state index contributed by atoms with van der Waals surface area (Å²) in [5, 5.41) is 2.79. The third-order valence-electron chi connectivity index (χ3n) is 3.50. The summed E-state index contributed by atoms with van der Waals surface area (Å²) in [7, 11) is 0. The minimum atomic E-state index is -4.81. The fourth-order valence-electron chi connectivity index (χ4n) is 2.37. The average Bonchev–Trinajstić information content (AvgIpc) is 2.57. The third kappa shape index (κ3) is 3.32. The molecule has 0 atom stereocenters. The van der Waals surface area contributed by atoms with Gasteiger partial charge in [-0.2, -0.15) is 0 Å². The van der Waals surface area contributed by atoms with Crippen molar-refractivity contribution in [3.8, 4) is 11.4 Å². The molecule has 0 saturated heterocycles. The molecule has 0 aliphatic rings. The molecule has 5 nitrogen and oxygen atoms in total. The van der Waals surface area contributed by atoms with E-state index in [4.69, 9.17) is 0 Å². The van der Waals surface area contributed by atoms with E-state index >= 15 is 0 Å².